The molecule has 0 aliphatic carbocycles. The van der Waals surface area contributed by atoms with E-state index in [4.69, 9.17) is 10.8 Å². The number of anilines is 1. The third-order valence-corrected chi connectivity index (χ3v) is 2.41. The number of carboxylic acid groups (broad SMARTS) is 1. The van der Waals surface area contributed by atoms with Crippen LogP contribution in [0, 0.1) is 0 Å². The lowest BCUT2D eigenvalue weighted by molar-refractivity contribution is 0.0677. The quantitative estimate of drug-likeness (QED) is 0.833. The number of alkyl halides is 3. The van der Waals surface area contributed by atoms with E-state index in [9.17, 15) is 13.6 Å². The number of rotatable bonds is 3. The standard InChI is InChI=1S/C8H7BrF2N2O2/c9-1-3-2-13-6(8(14)15)4(5(3)12)7(10)11/h2,7H,1H2,(H2,12,13)(H,14,15). The molecular weight excluding hydrogens is 274 g/mol. The van der Waals surface area contributed by atoms with Gasteiger partial charge in [0.2, 0.25) is 0 Å². The van der Waals surface area contributed by atoms with Crippen LogP contribution in [-0.4, -0.2) is 16.1 Å². The van der Waals surface area contributed by atoms with Gasteiger partial charge in [-0.05, 0) is 0 Å². The maximum Gasteiger partial charge on any atom is 0.355 e. The van der Waals surface area contributed by atoms with E-state index in [0.29, 0.717) is 5.56 Å². The Labute approximate surface area is 92.2 Å². The Kier molecular flexibility index (Phi) is 3.57. The van der Waals surface area contributed by atoms with Crippen molar-refractivity contribution in [3.05, 3.63) is 23.0 Å². The second-order valence-corrected chi connectivity index (χ2v) is 3.26. The smallest absolute Gasteiger partial charge is 0.355 e. The van der Waals surface area contributed by atoms with Gasteiger partial charge in [0.1, 0.15) is 0 Å². The zero-order chi connectivity index (χ0) is 11.6. The number of carbonyl (C=O) groups is 1. The van der Waals surface area contributed by atoms with Gasteiger partial charge in [-0.3, -0.25) is 0 Å². The van der Waals surface area contributed by atoms with E-state index in [-0.39, 0.29) is 11.0 Å². The molecule has 1 aromatic heterocycles. The molecule has 0 bridgehead atoms. The molecule has 0 spiro atoms. The molecule has 7 heteroatoms. The topological polar surface area (TPSA) is 76.2 Å². The van der Waals surface area contributed by atoms with E-state index >= 15 is 0 Å². The molecule has 4 nitrogen and oxygen atoms in total. The average Bonchev–Trinajstić information content (AvgIpc) is 2.16. The molecule has 0 unspecified atom stereocenters. The van der Waals surface area contributed by atoms with E-state index in [1.807, 2.05) is 0 Å². The molecule has 0 fully saturated rings. The van der Waals surface area contributed by atoms with Crippen LogP contribution in [0.2, 0.25) is 0 Å². The van der Waals surface area contributed by atoms with Crippen molar-refractivity contribution >= 4 is 27.6 Å². The average molecular weight is 281 g/mol. The first kappa shape index (κ1) is 11.8. The number of nitrogens with zero attached hydrogens (tertiary/aromatic N) is 1. The number of pyridine rings is 1. The largest absolute Gasteiger partial charge is 0.476 e. The number of aromatic nitrogens is 1. The van der Waals surface area contributed by atoms with Crippen LogP contribution in [-0.2, 0) is 5.33 Å². The second kappa shape index (κ2) is 4.52. The molecule has 1 rings (SSSR count). The highest BCUT2D eigenvalue weighted by atomic mass is 79.9. The predicted molar refractivity (Wildman–Crippen MR) is 53.2 cm³/mol. The van der Waals surface area contributed by atoms with Crippen LogP contribution in [0.4, 0.5) is 14.5 Å². The normalized spacial score (nSPS) is 10.7. The van der Waals surface area contributed by atoms with Crippen LogP contribution in [0.15, 0.2) is 6.20 Å². The summed E-state index contributed by atoms with van der Waals surface area (Å²) in [6, 6.07) is 0. The summed E-state index contributed by atoms with van der Waals surface area (Å²) in [5, 5.41) is 8.88. The van der Waals surface area contributed by atoms with E-state index in [2.05, 4.69) is 20.9 Å². The number of nitrogen functional groups attached to an aromatic ring is 1. The van der Waals surface area contributed by atoms with Gasteiger partial charge in [0.15, 0.2) is 5.69 Å². The Morgan fingerprint density at radius 2 is 2.27 bits per heavy atom. The highest BCUT2D eigenvalue weighted by Gasteiger charge is 2.24. The lowest BCUT2D eigenvalue weighted by atomic mass is 10.1. The summed E-state index contributed by atoms with van der Waals surface area (Å²) >= 11 is 3.04. The Morgan fingerprint density at radius 1 is 1.67 bits per heavy atom. The molecule has 82 valence electrons. The molecule has 3 N–H and O–H groups in total. The maximum absolute atomic E-state index is 12.6. The van der Waals surface area contributed by atoms with Gasteiger partial charge in [0, 0.05) is 22.8 Å². The van der Waals surface area contributed by atoms with E-state index in [0.717, 1.165) is 0 Å². The summed E-state index contributed by atoms with van der Waals surface area (Å²) in [4.78, 5) is 14.1. The summed E-state index contributed by atoms with van der Waals surface area (Å²) in [6.07, 6.45) is -1.79. The molecule has 0 saturated heterocycles. The first-order chi connectivity index (χ1) is 6.99. The number of halogens is 3. The monoisotopic (exact) mass is 280 g/mol. The molecule has 0 saturated carbocycles. The molecule has 0 amide bonds. The molecule has 1 heterocycles. The van der Waals surface area contributed by atoms with Crippen molar-refractivity contribution in [3.8, 4) is 0 Å². The molecule has 1 aromatic rings. The third kappa shape index (κ3) is 2.23. The molecule has 0 aromatic carbocycles. The van der Waals surface area contributed by atoms with Crippen molar-refractivity contribution in [2.75, 3.05) is 5.73 Å². The molecule has 0 aliphatic heterocycles. The fourth-order valence-electron chi connectivity index (χ4n) is 1.08. The summed E-state index contributed by atoms with van der Waals surface area (Å²) in [7, 11) is 0. The fourth-order valence-corrected chi connectivity index (χ4v) is 1.53. The van der Waals surface area contributed by atoms with Gasteiger partial charge in [-0.1, -0.05) is 15.9 Å². The van der Waals surface area contributed by atoms with E-state index < -0.39 is 23.7 Å². The van der Waals surface area contributed by atoms with Crippen molar-refractivity contribution < 1.29 is 18.7 Å². The van der Waals surface area contributed by atoms with Gasteiger partial charge in [-0.15, -0.1) is 0 Å². The molecule has 0 atom stereocenters. The summed E-state index contributed by atoms with van der Waals surface area (Å²) in [5.74, 6) is -1.52. The van der Waals surface area contributed by atoms with Crippen molar-refractivity contribution in [1.82, 2.24) is 4.98 Å². The maximum atomic E-state index is 12.6. The minimum Gasteiger partial charge on any atom is -0.476 e. The number of hydrogen-bond acceptors (Lipinski definition) is 3. The van der Waals surface area contributed by atoms with Crippen LogP contribution < -0.4 is 5.73 Å². The van der Waals surface area contributed by atoms with Crippen molar-refractivity contribution in [1.29, 1.82) is 0 Å². The highest BCUT2D eigenvalue weighted by Crippen LogP contribution is 2.30. The highest BCUT2D eigenvalue weighted by molar-refractivity contribution is 9.08. The lowest BCUT2D eigenvalue weighted by Crippen LogP contribution is -2.11. The van der Waals surface area contributed by atoms with Crippen LogP contribution in [0.25, 0.3) is 0 Å². The summed E-state index contributed by atoms with van der Waals surface area (Å²) < 4.78 is 25.1. The third-order valence-electron chi connectivity index (χ3n) is 1.81. The molecular formula is C8H7BrF2N2O2. The summed E-state index contributed by atoms with van der Waals surface area (Å²) in [6.45, 7) is 0. The van der Waals surface area contributed by atoms with Gasteiger partial charge in [0.25, 0.3) is 6.43 Å². The fraction of sp³-hybridized carbons (Fsp3) is 0.250. The van der Waals surface area contributed by atoms with Crippen molar-refractivity contribution in [3.63, 3.8) is 0 Å². The Bertz CT molecular complexity index is 398. The van der Waals surface area contributed by atoms with Crippen molar-refractivity contribution in [2.45, 2.75) is 11.8 Å². The van der Waals surface area contributed by atoms with E-state index in [1.165, 1.54) is 6.20 Å². The zero-order valence-electron chi connectivity index (χ0n) is 7.38. The lowest BCUT2D eigenvalue weighted by Gasteiger charge is -2.10. The van der Waals surface area contributed by atoms with Gasteiger partial charge < -0.3 is 10.8 Å². The summed E-state index contributed by atoms with van der Waals surface area (Å²) in [5.41, 5.74) is 4.11. The zero-order valence-corrected chi connectivity index (χ0v) is 8.96. The number of nitrogens with two attached hydrogens (primary N) is 1. The van der Waals surface area contributed by atoms with Crippen LogP contribution >= 0.6 is 15.9 Å². The van der Waals surface area contributed by atoms with Crippen LogP contribution in [0.1, 0.15) is 28.0 Å². The Hall–Kier alpha value is -1.24. The minimum absolute atomic E-state index is 0.228. The molecule has 0 aliphatic rings. The Morgan fingerprint density at radius 3 is 2.67 bits per heavy atom. The first-order valence-corrected chi connectivity index (χ1v) is 4.95. The molecule has 15 heavy (non-hydrogen) atoms. The van der Waals surface area contributed by atoms with Crippen LogP contribution in [0.5, 0.6) is 0 Å². The van der Waals surface area contributed by atoms with Gasteiger partial charge >= 0.3 is 5.97 Å². The van der Waals surface area contributed by atoms with Crippen molar-refractivity contribution in [2.24, 2.45) is 0 Å². The van der Waals surface area contributed by atoms with Gasteiger partial charge in [0.05, 0.1) is 5.56 Å². The predicted octanol–water partition coefficient (Wildman–Crippen LogP) is 2.19. The number of carboxylic acids is 1. The minimum atomic E-state index is -2.96. The van der Waals surface area contributed by atoms with Crippen LogP contribution in [0.3, 0.4) is 0 Å². The molecule has 0 radical (unpaired) electrons. The second-order valence-electron chi connectivity index (χ2n) is 2.70. The van der Waals surface area contributed by atoms with E-state index in [1.54, 1.807) is 0 Å². The number of hydrogen-bond donors (Lipinski definition) is 2. The SMILES string of the molecule is Nc1c(CBr)cnc(C(=O)O)c1C(F)F. The Balaban J connectivity index is 3.44. The first-order valence-electron chi connectivity index (χ1n) is 3.83. The number of aromatic carboxylic acids is 1. The van der Waals surface area contributed by atoms with Gasteiger partial charge in [-0.25, -0.2) is 18.6 Å². The van der Waals surface area contributed by atoms with Gasteiger partial charge in [-0.2, -0.15) is 0 Å².